The third-order valence-electron chi connectivity index (χ3n) is 5.14. The van der Waals surface area contributed by atoms with E-state index in [1.807, 2.05) is 24.3 Å². The summed E-state index contributed by atoms with van der Waals surface area (Å²) in [7, 11) is 0. The summed E-state index contributed by atoms with van der Waals surface area (Å²) in [5.74, 6) is 0.603. The van der Waals surface area contributed by atoms with Crippen LogP contribution in [0.2, 0.25) is 0 Å². The van der Waals surface area contributed by atoms with Crippen LogP contribution in [0.15, 0.2) is 42.6 Å². The summed E-state index contributed by atoms with van der Waals surface area (Å²) < 4.78 is 10.8. The van der Waals surface area contributed by atoms with Crippen molar-refractivity contribution >= 4 is 28.8 Å². The van der Waals surface area contributed by atoms with Gasteiger partial charge in [0.05, 0.1) is 36.5 Å². The maximum Gasteiger partial charge on any atom is 0.228 e. The zero-order chi connectivity index (χ0) is 19.2. The Morgan fingerprint density at radius 1 is 1.00 bits per heavy atom. The van der Waals surface area contributed by atoms with Gasteiger partial charge < -0.3 is 25.0 Å². The number of hydrogen-bond acceptors (Lipinski definition) is 6. The molecule has 1 aromatic carbocycles. The monoisotopic (exact) mass is 382 g/mol. The summed E-state index contributed by atoms with van der Waals surface area (Å²) in [6.07, 6.45) is 3.28. The van der Waals surface area contributed by atoms with Gasteiger partial charge in [0, 0.05) is 32.2 Å². The lowest BCUT2D eigenvalue weighted by atomic mass is 9.99. The summed E-state index contributed by atoms with van der Waals surface area (Å²) in [4.78, 5) is 19.0. The number of nitrogens with zero attached hydrogens (tertiary/aromatic N) is 2. The van der Waals surface area contributed by atoms with Gasteiger partial charge in [0.15, 0.2) is 0 Å². The molecule has 2 saturated heterocycles. The second-order valence-corrected chi connectivity index (χ2v) is 7.05. The van der Waals surface area contributed by atoms with Gasteiger partial charge in [-0.25, -0.2) is 4.98 Å². The van der Waals surface area contributed by atoms with E-state index in [9.17, 15) is 4.79 Å². The van der Waals surface area contributed by atoms with E-state index in [0.29, 0.717) is 19.0 Å². The van der Waals surface area contributed by atoms with Gasteiger partial charge in [-0.05, 0) is 37.1 Å². The molecule has 2 fully saturated rings. The van der Waals surface area contributed by atoms with Crippen LogP contribution < -0.4 is 15.5 Å². The Balaban J connectivity index is 1.40. The molecule has 2 aliphatic heterocycles. The van der Waals surface area contributed by atoms with Gasteiger partial charge in [0.25, 0.3) is 0 Å². The van der Waals surface area contributed by atoms with Crippen molar-refractivity contribution in [3.05, 3.63) is 42.6 Å². The second kappa shape index (κ2) is 9.03. The predicted octanol–water partition coefficient (Wildman–Crippen LogP) is 3.03. The Bertz CT molecular complexity index is 784. The van der Waals surface area contributed by atoms with Crippen molar-refractivity contribution in [3.63, 3.8) is 0 Å². The molecule has 2 aromatic rings. The largest absolute Gasteiger partial charge is 0.381 e. The Labute approximate surface area is 165 Å². The Morgan fingerprint density at radius 2 is 1.75 bits per heavy atom. The Morgan fingerprint density at radius 3 is 2.50 bits per heavy atom. The highest BCUT2D eigenvalue weighted by Crippen LogP contribution is 2.29. The van der Waals surface area contributed by atoms with Gasteiger partial charge in [-0.3, -0.25) is 4.79 Å². The van der Waals surface area contributed by atoms with Crippen molar-refractivity contribution in [2.45, 2.75) is 12.8 Å². The lowest BCUT2D eigenvalue weighted by Crippen LogP contribution is -2.36. The number of anilines is 4. The molecule has 0 unspecified atom stereocenters. The standard InChI is InChI=1S/C21H26N4O3/c26-21(16-7-11-27-12-8-16)24-20-6-5-17(15-22-20)23-18-3-1-2-4-19(18)25-9-13-28-14-10-25/h1-6,15-16,23H,7-14H2,(H,22,24,26). The van der Waals surface area contributed by atoms with Crippen molar-refractivity contribution in [3.8, 4) is 0 Å². The molecule has 3 heterocycles. The number of ether oxygens (including phenoxy) is 2. The molecule has 7 nitrogen and oxygen atoms in total. The molecule has 0 spiro atoms. The summed E-state index contributed by atoms with van der Waals surface area (Å²) in [5, 5.41) is 6.35. The van der Waals surface area contributed by atoms with Crippen molar-refractivity contribution < 1.29 is 14.3 Å². The molecule has 0 bridgehead atoms. The Kier molecular flexibility index (Phi) is 6.04. The number of aromatic nitrogens is 1. The van der Waals surface area contributed by atoms with Gasteiger partial charge in [-0.15, -0.1) is 0 Å². The first kappa shape index (κ1) is 18.7. The third kappa shape index (κ3) is 4.61. The van der Waals surface area contributed by atoms with Crippen molar-refractivity contribution in [1.29, 1.82) is 0 Å². The molecule has 0 radical (unpaired) electrons. The normalized spacial score (nSPS) is 17.9. The number of pyridine rings is 1. The first-order valence-electron chi connectivity index (χ1n) is 9.83. The zero-order valence-electron chi connectivity index (χ0n) is 15.9. The first-order chi connectivity index (χ1) is 13.8. The molecule has 4 rings (SSSR count). The molecule has 7 heteroatoms. The molecule has 148 valence electrons. The zero-order valence-corrected chi connectivity index (χ0v) is 15.9. The van der Waals surface area contributed by atoms with Crippen molar-refractivity contribution in [1.82, 2.24) is 4.98 Å². The number of carbonyl (C=O) groups excluding carboxylic acids is 1. The lowest BCUT2D eigenvalue weighted by Gasteiger charge is -2.30. The fourth-order valence-corrected chi connectivity index (χ4v) is 3.54. The van der Waals surface area contributed by atoms with Crippen LogP contribution in [-0.2, 0) is 14.3 Å². The number of nitrogens with one attached hydrogen (secondary N) is 2. The van der Waals surface area contributed by atoms with Crippen molar-refractivity contribution in [2.75, 3.05) is 55.1 Å². The summed E-state index contributed by atoms with van der Waals surface area (Å²) >= 11 is 0. The molecule has 0 saturated carbocycles. The summed E-state index contributed by atoms with van der Waals surface area (Å²) in [5.41, 5.74) is 3.07. The number of rotatable bonds is 5. The molecule has 28 heavy (non-hydrogen) atoms. The van der Waals surface area contributed by atoms with Crippen LogP contribution in [0.4, 0.5) is 22.9 Å². The number of hydrogen-bond donors (Lipinski definition) is 2. The van der Waals surface area contributed by atoms with Crippen molar-refractivity contribution in [2.24, 2.45) is 5.92 Å². The van der Waals surface area contributed by atoms with E-state index >= 15 is 0 Å². The highest BCUT2D eigenvalue weighted by atomic mass is 16.5. The highest BCUT2D eigenvalue weighted by Gasteiger charge is 2.21. The fraction of sp³-hybridized carbons (Fsp3) is 0.429. The fourth-order valence-electron chi connectivity index (χ4n) is 3.54. The molecule has 2 aliphatic rings. The number of carbonyl (C=O) groups is 1. The van der Waals surface area contributed by atoms with Gasteiger partial charge in [0.2, 0.25) is 5.91 Å². The van der Waals surface area contributed by atoms with Crippen LogP contribution in [0.3, 0.4) is 0 Å². The Hall–Kier alpha value is -2.64. The quantitative estimate of drug-likeness (QED) is 0.828. The minimum absolute atomic E-state index is 0.00810. The summed E-state index contributed by atoms with van der Waals surface area (Å²) in [6.45, 7) is 4.56. The average molecular weight is 382 g/mol. The maximum absolute atomic E-state index is 12.3. The average Bonchev–Trinajstić information content (AvgIpc) is 2.77. The first-order valence-corrected chi connectivity index (χ1v) is 9.83. The SMILES string of the molecule is O=C(Nc1ccc(Nc2ccccc2N2CCOCC2)cn1)C1CCOCC1. The highest BCUT2D eigenvalue weighted by molar-refractivity contribution is 5.91. The number of benzene rings is 1. The van der Waals surface area contributed by atoms with E-state index in [1.54, 1.807) is 6.20 Å². The molecule has 2 N–H and O–H groups in total. The van der Waals surface area contributed by atoms with Gasteiger partial charge >= 0.3 is 0 Å². The van der Waals surface area contributed by atoms with E-state index in [-0.39, 0.29) is 11.8 Å². The number of para-hydroxylation sites is 2. The number of amides is 1. The van der Waals surface area contributed by atoms with E-state index in [0.717, 1.165) is 56.2 Å². The van der Waals surface area contributed by atoms with Crippen LogP contribution in [0.5, 0.6) is 0 Å². The van der Waals surface area contributed by atoms with E-state index in [2.05, 4.69) is 32.7 Å². The van der Waals surface area contributed by atoms with E-state index < -0.39 is 0 Å². The van der Waals surface area contributed by atoms with Gasteiger partial charge in [0.1, 0.15) is 5.82 Å². The second-order valence-electron chi connectivity index (χ2n) is 7.05. The topological polar surface area (TPSA) is 75.7 Å². The molecule has 1 aromatic heterocycles. The predicted molar refractivity (Wildman–Crippen MR) is 109 cm³/mol. The summed E-state index contributed by atoms with van der Waals surface area (Å²) in [6, 6.07) is 12.0. The smallest absolute Gasteiger partial charge is 0.228 e. The molecule has 1 amide bonds. The van der Waals surface area contributed by atoms with E-state index in [1.165, 1.54) is 0 Å². The van der Waals surface area contributed by atoms with Crippen LogP contribution >= 0.6 is 0 Å². The number of morpholine rings is 1. The van der Waals surface area contributed by atoms with Crippen LogP contribution in [-0.4, -0.2) is 50.4 Å². The molecule has 0 aliphatic carbocycles. The van der Waals surface area contributed by atoms with Crippen LogP contribution in [0.1, 0.15) is 12.8 Å². The van der Waals surface area contributed by atoms with Gasteiger partial charge in [-0.1, -0.05) is 12.1 Å². The van der Waals surface area contributed by atoms with Gasteiger partial charge in [-0.2, -0.15) is 0 Å². The maximum atomic E-state index is 12.3. The van der Waals surface area contributed by atoms with E-state index in [4.69, 9.17) is 9.47 Å². The molecule has 0 atom stereocenters. The third-order valence-corrected chi connectivity index (χ3v) is 5.14. The lowest BCUT2D eigenvalue weighted by molar-refractivity contribution is -0.122. The molecular weight excluding hydrogens is 356 g/mol. The molecular formula is C21H26N4O3. The minimum atomic E-state index is 0.00810. The van der Waals surface area contributed by atoms with Crippen LogP contribution in [0.25, 0.3) is 0 Å². The van der Waals surface area contributed by atoms with Crippen LogP contribution in [0, 0.1) is 5.92 Å². The minimum Gasteiger partial charge on any atom is -0.381 e.